The molecule has 0 unspecified atom stereocenters. The van der Waals surface area contributed by atoms with E-state index < -0.39 is 5.82 Å². The van der Waals surface area contributed by atoms with Crippen LogP contribution in [0.4, 0.5) is 4.39 Å². The second-order valence-electron chi connectivity index (χ2n) is 4.90. The zero-order valence-electron chi connectivity index (χ0n) is 12.4. The SMILES string of the molecule is C=C1C=C(CC)c2c(nc(OCc3ccncc3F)[nH]c2=O)O1. The fraction of sp³-hybridized carbons (Fsp3) is 0.188. The normalized spacial score (nSPS) is 13.1. The Balaban J connectivity index is 1.89. The summed E-state index contributed by atoms with van der Waals surface area (Å²) in [6.07, 6.45) is 4.89. The van der Waals surface area contributed by atoms with Crippen molar-refractivity contribution in [2.45, 2.75) is 20.0 Å². The van der Waals surface area contributed by atoms with Gasteiger partial charge in [-0.05, 0) is 24.1 Å². The second kappa shape index (κ2) is 6.04. The molecule has 118 valence electrons. The maximum atomic E-state index is 13.5. The fourth-order valence-electron chi connectivity index (χ4n) is 2.22. The number of pyridine rings is 1. The first-order valence-corrected chi connectivity index (χ1v) is 7.01. The van der Waals surface area contributed by atoms with Crippen LogP contribution in [0.5, 0.6) is 11.9 Å². The molecule has 1 aliphatic heterocycles. The number of aromatic nitrogens is 3. The van der Waals surface area contributed by atoms with Crippen molar-refractivity contribution in [1.29, 1.82) is 0 Å². The number of fused-ring (bicyclic) bond motifs is 1. The van der Waals surface area contributed by atoms with Crippen molar-refractivity contribution in [2.24, 2.45) is 0 Å². The molecular weight excluding hydrogens is 301 g/mol. The van der Waals surface area contributed by atoms with Crippen molar-refractivity contribution in [3.8, 4) is 11.9 Å². The van der Waals surface area contributed by atoms with E-state index in [1.165, 1.54) is 12.3 Å². The van der Waals surface area contributed by atoms with Crippen LogP contribution in [0.25, 0.3) is 5.57 Å². The Morgan fingerprint density at radius 2 is 2.30 bits per heavy atom. The lowest BCUT2D eigenvalue weighted by atomic mass is 10.0. The molecule has 2 aromatic heterocycles. The Labute approximate surface area is 131 Å². The zero-order chi connectivity index (χ0) is 16.4. The Kier molecular flexibility index (Phi) is 3.92. The largest absolute Gasteiger partial charge is 0.460 e. The third-order valence-corrected chi connectivity index (χ3v) is 3.35. The van der Waals surface area contributed by atoms with Crippen LogP contribution < -0.4 is 15.0 Å². The molecule has 3 heterocycles. The Morgan fingerprint density at radius 1 is 1.48 bits per heavy atom. The lowest BCUT2D eigenvalue weighted by molar-refractivity contribution is 0.268. The number of hydrogen-bond acceptors (Lipinski definition) is 5. The van der Waals surface area contributed by atoms with E-state index in [0.29, 0.717) is 23.3 Å². The van der Waals surface area contributed by atoms with Gasteiger partial charge in [0, 0.05) is 11.8 Å². The van der Waals surface area contributed by atoms with E-state index in [0.717, 1.165) is 11.8 Å². The minimum Gasteiger partial charge on any atom is -0.460 e. The molecule has 0 bridgehead atoms. The molecule has 0 radical (unpaired) electrons. The van der Waals surface area contributed by atoms with E-state index in [2.05, 4.69) is 21.5 Å². The Bertz CT molecular complexity index is 858. The monoisotopic (exact) mass is 315 g/mol. The number of rotatable bonds is 4. The molecule has 0 aromatic carbocycles. The highest BCUT2D eigenvalue weighted by molar-refractivity contribution is 5.72. The summed E-state index contributed by atoms with van der Waals surface area (Å²) in [5.74, 6) is 0.0514. The Hall–Kier alpha value is -2.96. The molecule has 2 aromatic rings. The van der Waals surface area contributed by atoms with Gasteiger partial charge in [-0.25, -0.2) is 4.39 Å². The van der Waals surface area contributed by atoms with Crippen LogP contribution >= 0.6 is 0 Å². The minimum atomic E-state index is -0.492. The topological polar surface area (TPSA) is 77.1 Å². The van der Waals surface area contributed by atoms with Gasteiger partial charge in [0.05, 0.1) is 6.20 Å². The van der Waals surface area contributed by atoms with Crippen molar-refractivity contribution in [3.63, 3.8) is 0 Å². The molecule has 1 N–H and O–H groups in total. The molecule has 1 aliphatic rings. The van der Waals surface area contributed by atoms with Gasteiger partial charge in [-0.15, -0.1) is 0 Å². The molecule has 0 aliphatic carbocycles. The maximum Gasteiger partial charge on any atom is 0.300 e. The number of halogens is 1. The van der Waals surface area contributed by atoms with Gasteiger partial charge in [-0.1, -0.05) is 13.5 Å². The summed E-state index contributed by atoms with van der Waals surface area (Å²) in [6, 6.07) is 1.44. The van der Waals surface area contributed by atoms with Crippen LogP contribution in [-0.4, -0.2) is 15.0 Å². The predicted molar refractivity (Wildman–Crippen MR) is 81.4 cm³/mol. The van der Waals surface area contributed by atoms with Crippen molar-refractivity contribution in [1.82, 2.24) is 15.0 Å². The number of nitrogens with zero attached hydrogens (tertiary/aromatic N) is 2. The number of allylic oxidation sites excluding steroid dienone is 2. The summed E-state index contributed by atoms with van der Waals surface area (Å²) in [4.78, 5) is 22.5. The van der Waals surface area contributed by atoms with Crippen LogP contribution in [0.1, 0.15) is 24.5 Å². The molecule has 3 rings (SSSR count). The van der Waals surface area contributed by atoms with Crippen LogP contribution in [0.2, 0.25) is 0 Å². The summed E-state index contributed by atoms with van der Waals surface area (Å²) < 4.78 is 24.3. The molecule has 23 heavy (non-hydrogen) atoms. The van der Waals surface area contributed by atoms with Gasteiger partial charge in [-0.2, -0.15) is 4.98 Å². The smallest absolute Gasteiger partial charge is 0.300 e. The summed E-state index contributed by atoms with van der Waals surface area (Å²) in [5, 5.41) is 0. The van der Waals surface area contributed by atoms with Crippen LogP contribution in [0, 0.1) is 5.82 Å². The highest BCUT2D eigenvalue weighted by atomic mass is 19.1. The number of H-pyrrole nitrogens is 1. The third kappa shape index (κ3) is 2.98. The van der Waals surface area contributed by atoms with Gasteiger partial charge in [0.2, 0.25) is 5.88 Å². The quantitative estimate of drug-likeness (QED) is 0.938. The summed E-state index contributed by atoms with van der Waals surface area (Å²) in [7, 11) is 0. The van der Waals surface area contributed by atoms with Gasteiger partial charge in [0.1, 0.15) is 23.7 Å². The number of hydrogen-bond donors (Lipinski definition) is 1. The van der Waals surface area contributed by atoms with E-state index in [1.54, 1.807) is 6.08 Å². The van der Waals surface area contributed by atoms with Gasteiger partial charge in [0.25, 0.3) is 11.6 Å². The summed E-state index contributed by atoms with van der Waals surface area (Å²) in [6.45, 7) is 5.56. The third-order valence-electron chi connectivity index (χ3n) is 3.35. The zero-order valence-corrected chi connectivity index (χ0v) is 12.4. The summed E-state index contributed by atoms with van der Waals surface area (Å²) >= 11 is 0. The lowest BCUT2D eigenvalue weighted by Crippen LogP contribution is -2.19. The number of aromatic amines is 1. The van der Waals surface area contributed by atoms with E-state index in [4.69, 9.17) is 9.47 Å². The van der Waals surface area contributed by atoms with Crippen molar-refractivity contribution in [2.75, 3.05) is 0 Å². The minimum absolute atomic E-state index is 0.0462. The number of ether oxygens (including phenoxy) is 2. The van der Waals surface area contributed by atoms with Crippen LogP contribution in [0.15, 0.2) is 41.7 Å². The molecule has 7 heteroatoms. The molecule has 6 nitrogen and oxygen atoms in total. The van der Waals surface area contributed by atoms with Crippen LogP contribution in [0.3, 0.4) is 0 Å². The van der Waals surface area contributed by atoms with E-state index >= 15 is 0 Å². The molecule has 0 atom stereocenters. The average Bonchev–Trinajstić information content (AvgIpc) is 2.52. The molecular formula is C16H14FN3O3. The highest BCUT2D eigenvalue weighted by Gasteiger charge is 2.21. The lowest BCUT2D eigenvalue weighted by Gasteiger charge is -2.17. The second-order valence-corrected chi connectivity index (χ2v) is 4.90. The van der Waals surface area contributed by atoms with E-state index in [-0.39, 0.29) is 24.1 Å². The average molecular weight is 315 g/mol. The van der Waals surface area contributed by atoms with Crippen molar-refractivity contribution >= 4 is 5.57 Å². The molecule has 0 spiro atoms. The first-order chi connectivity index (χ1) is 11.1. The van der Waals surface area contributed by atoms with Crippen LogP contribution in [-0.2, 0) is 6.61 Å². The fourth-order valence-corrected chi connectivity index (χ4v) is 2.22. The molecule has 0 fully saturated rings. The van der Waals surface area contributed by atoms with E-state index in [9.17, 15) is 9.18 Å². The summed E-state index contributed by atoms with van der Waals surface area (Å²) in [5.41, 5.74) is 1.08. The van der Waals surface area contributed by atoms with Gasteiger partial charge in [-0.3, -0.25) is 14.8 Å². The van der Waals surface area contributed by atoms with Crippen molar-refractivity contribution < 1.29 is 13.9 Å². The molecule has 0 saturated carbocycles. The molecule has 0 saturated heterocycles. The van der Waals surface area contributed by atoms with Gasteiger partial charge < -0.3 is 9.47 Å². The number of nitrogens with one attached hydrogen (secondary N) is 1. The standard InChI is InChI=1S/C16H14FN3O3/c1-3-10-6-9(2)23-15-13(10)14(21)19-16(20-15)22-8-11-4-5-18-7-12(11)17/h4-7H,2-3,8H2,1H3,(H,19,20,21). The highest BCUT2D eigenvalue weighted by Crippen LogP contribution is 2.31. The first kappa shape index (κ1) is 15.0. The predicted octanol–water partition coefficient (Wildman–Crippen LogP) is 2.58. The van der Waals surface area contributed by atoms with Gasteiger partial charge >= 0.3 is 0 Å². The maximum absolute atomic E-state index is 13.5. The molecule has 0 amide bonds. The Morgan fingerprint density at radius 3 is 3.04 bits per heavy atom. The van der Waals surface area contributed by atoms with Crippen molar-refractivity contribution in [3.05, 3.63) is 64.2 Å². The van der Waals surface area contributed by atoms with E-state index in [1.807, 2.05) is 6.92 Å². The van der Waals surface area contributed by atoms with Gasteiger partial charge in [0.15, 0.2) is 0 Å². The first-order valence-electron chi connectivity index (χ1n) is 7.01.